The fraction of sp³-hybridized carbons (Fsp3) is 0.273. The highest BCUT2D eigenvalue weighted by Crippen LogP contribution is 2.24. The summed E-state index contributed by atoms with van der Waals surface area (Å²) in [6.45, 7) is -3.54. The second-order valence-corrected chi connectivity index (χ2v) is 9.11. The van der Waals surface area contributed by atoms with Crippen LogP contribution in [-0.2, 0) is 13.1 Å². The average Bonchev–Trinajstić information content (AvgIpc) is 3.44. The third-order valence-corrected chi connectivity index (χ3v) is 5.86. The number of halogens is 8. The molecular formula is C22H16Cl2F6N8O3. The number of hydrogen-bond donors (Lipinski definition) is 2. The van der Waals surface area contributed by atoms with Crippen molar-refractivity contribution in [3.05, 3.63) is 74.9 Å². The third-order valence-electron chi connectivity index (χ3n) is 5.32. The Balaban J connectivity index is 1.77. The van der Waals surface area contributed by atoms with Gasteiger partial charge in [-0.25, -0.2) is 24.1 Å². The first-order valence-corrected chi connectivity index (χ1v) is 12.0. The Bertz CT molecular complexity index is 1620. The average molecular weight is 625 g/mol. The van der Waals surface area contributed by atoms with Crippen LogP contribution in [0.2, 0.25) is 10.2 Å². The Morgan fingerprint density at radius 1 is 1.05 bits per heavy atom. The zero-order chi connectivity index (χ0) is 30.1. The number of rotatable bonds is 8. The number of nitrogens with one attached hydrogen (secondary N) is 1. The van der Waals surface area contributed by atoms with Crippen molar-refractivity contribution in [2.75, 3.05) is 6.54 Å². The van der Waals surface area contributed by atoms with Crippen molar-refractivity contribution in [2.24, 2.45) is 0 Å². The van der Waals surface area contributed by atoms with Gasteiger partial charge in [0.15, 0.2) is 22.9 Å². The molecule has 1 unspecified atom stereocenters. The van der Waals surface area contributed by atoms with E-state index >= 15 is 0 Å². The number of hydrogen-bond acceptors (Lipinski definition) is 7. The smallest absolute Gasteiger partial charge is 0.382 e. The summed E-state index contributed by atoms with van der Waals surface area (Å²) in [5, 5.41) is 19.5. The quantitative estimate of drug-likeness (QED) is 0.227. The molecule has 218 valence electrons. The van der Waals surface area contributed by atoms with Crippen LogP contribution in [0.3, 0.4) is 0 Å². The van der Waals surface area contributed by atoms with Crippen molar-refractivity contribution in [3.63, 3.8) is 0 Å². The molecule has 0 radical (unpaired) electrons. The second kappa shape index (κ2) is 11.5. The molecule has 4 aromatic rings. The van der Waals surface area contributed by atoms with Crippen molar-refractivity contribution in [1.82, 2.24) is 39.4 Å². The molecule has 0 spiro atoms. The lowest BCUT2D eigenvalue weighted by molar-refractivity contribution is -0.207. The Morgan fingerprint density at radius 3 is 2.34 bits per heavy atom. The molecule has 0 bridgehead atoms. The molecule has 0 saturated heterocycles. The molecule has 0 fully saturated rings. The molecular weight excluding hydrogens is 609 g/mol. The molecule has 3 aromatic heterocycles. The Hall–Kier alpha value is -3.96. The lowest BCUT2D eigenvalue weighted by Gasteiger charge is -2.15. The highest BCUT2D eigenvalue weighted by molar-refractivity contribution is 6.31. The van der Waals surface area contributed by atoms with Gasteiger partial charge in [-0.2, -0.15) is 26.3 Å². The maximum absolute atomic E-state index is 13.1. The van der Waals surface area contributed by atoms with Gasteiger partial charge in [0, 0.05) is 16.8 Å². The van der Waals surface area contributed by atoms with Gasteiger partial charge in [0.25, 0.3) is 5.91 Å². The number of aromatic nitrogens is 7. The molecule has 19 heteroatoms. The van der Waals surface area contributed by atoms with Crippen LogP contribution >= 0.6 is 23.2 Å². The Kier molecular flexibility index (Phi) is 8.41. The topological polar surface area (TPSA) is 133 Å². The van der Waals surface area contributed by atoms with Gasteiger partial charge in [-0.1, -0.05) is 23.2 Å². The van der Waals surface area contributed by atoms with Gasteiger partial charge in [0.1, 0.15) is 18.8 Å². The summed E-state index contributed by atoms with van der Waals surface area (Å²) in [4.78, 5) is 33.4. The van der Waals surface area contributed by atoms with Gasteiger partial charge in [0.05, 0.1) is 6.54 Å². The first-order valence-electron chi connectivity index (χ1n) is 11.2. The largest absolute Gasteiger partial charge is 0.416 e. The number of amides is 1. The van der Waals surface area contributed by atoms with Crippen molar-refractivity contribution in [1.29, 1.82) is 0 Å². The predicted octanol–water partition coefficient (Wildman–Crippen LogP) is 3.26. The molecule has 0 aliphatic heterocycles. The van der Waals surface area contributed by atoms with Gasteiger partial charge in [-0.3, -0.25) is 9.36 Å². The van der Waals surface area contributed by atoms with E-state index < -0.39 is 55.5 Å². The van der Waals surface area contributed by atoms with Crippen molar-refractivity contribution in [3.8, 4) is 17.1 Å². The number of carbonyl (C=O) groups excluding carboxylic acids is 1. The van der Waals surface area contributed by atoms with Crippen LogP contribution in [0, 0.1) is 0 Å². The summed E-state index contributed by atoms with van der Waals surface area (Å²) in [6.07, 6.45) is -11.4. The Morgan fingerprint density at radius 2 is 1.73 bits per heavy atom. The van der Waals surface area contributed by atoms with E-state index in [0.29, 0.717) is 9.25 Å². The van der Waals surface area contributed by atoms with E-state index in [4.69, 9.17) is 23.2 Å². The molecule has 2 N–H and O–H groups in total. The van der Waals surface area contributed by atoms with Crippen molar-refractivity contribution in [2.45, 2.75) is 31.5 Å². The first-order chi connectivity index (χ1) is 19.1. The zero-order valence-corrected chi connectivity index (χ0v) is 21.7. The van der Waals surface area contributed by atoms with Crippen LogP contribution in [0.25, 0.3) is 17.1 Å². The van der Waals surface area contributed by atoms with Crippen LogP contribution < -0.4 is 11.0 Å². The van der Waals surface area contributed by atoms with Gasteiger partial charge in [-0.05, 0) is 36.4 Å². The second-order valence-electron chi connectivity index (χ2n) is 8.31. The van der Waals surface area contributed by atoms with Gasteiger partial charge >= 0.3 is 18.0 Å². The summed E-state index contributed by atoms with van der Waals surface area (Å²) in [5.74, 6) is -2.56. The zero-order valence-electron chi connectivity index (χ0n) is 20.2. The third kappa shape index (κ3) is 7.04. The van der Waals surface area contributed by atoms with E-state index in [2.05, 4.69) is 20.2 Å². The summed E-state index contributed by atoms with van der Waals surface area (Å²) in [5.41, 5.74) is -0.984. The number of aliphatic hydroxyl groups is 1. The van der Waals surface area contributed by atoms with Crippen molar-refractivity contribution >= 4 is 29.1 Å². The van der Waals surface area contributed by atoms with E-state index in [0.717, 1.165) is 4.68 Å². The van der Waals surface area contributed by atoms with Gasteiger partial charge < -0.3 is 10.4 Å². The van der Waals surface area contributed by atoms with E-state index in [1.165, 1.54) is 42.6 Å². The monoisotopic (exact) mass is 624 g/mol. The van der Waals surface area contributed by atoms with E-state index in [1.54, 1.807) is 5.32 Å². The first kappa shape index (κ1) is 30.0. The van der Waals surface area contributed by atoms with Gasteiger partial charge in [0.2, 0.25) is 5.82 Å². The maximum Gasteiger partial charge on any atom is 0.416 e. The highest BCUT2D eigenvalue weighted by atomic mass is 35.5. The minimum atomic E-state index is -5.05. The van der Waals surface area contributed by atoms with Crippen LogP contribution in [0.15, 0.2) is 47.4 Å². The minimum Gasteiger partial charge on any atom is -0.382 e. The number of pyridine rings is 1. The van der Waals surface area contributed by atoms with E-state index in [1.807, 2.05) is 0 Å². The number of carbonyl (C=O) groups is 1. The fourth-order valence-corrected chi connectivity index (χ4v) is 3.79. The molecule has 11 nitrogen and oxygen atoms in total. The van der Waals surface area contributed by atoms with E-state index in [-0.39, 0.29) is 33.1 Å². The fourth-order valence-electron chi connectivity index (χ4n) is 3.46. The van der Waals surface area contributed by atoms with Gasteiger partial charge in [-0.15, -0.1) is 10.2 Å². The SMILES string of the molecule is O=C(NCC(F)(F)F)c1nc(Cn2nc(-c3ccc(Cl)cc3)n(CC(O)C(F)(F)F)c2=O)nn1-c1cccnc1Cl. The molecule has 1 aromatic carbocycles. The summed E-state index contributed by atoms with van der Waals surface area (Å²) >= 11 is 11.9. The van der Waals surface area contributed by atoms with Crippen LogP contribution in [0.5, 0.6) is 0 Å². The molecule has 4 rings (SSSR count). The molecule has 0 aliphatic rings. The highest BCUT2D eigenvalue weighted by Gasteiger charge is 2.39. The predicted molar refractivity (Wildman–Crippen MR) is 131 cm³/mol. The minimum absolute atomic E-state index is 0.0434. The number of benzene rings is 1. The number of alkyl halides is 6. The number of aliphatic hydroxyl groups excluding tert-OH is 1. The maximum atomic E-state index is 13.1. The molecule has 41 heavy (non-hydrogen) atoms. The Labute approximate surface area is 235 Å². The number of nitrogens with zero attached hydrogens (tertiary/aromatic N) is 7. The molecule has 0 saturated carbocycles. The van der Waals surface area contributed by atoms with E-state index in [9.17, 15) is 41.0 Å². The van der Waals surface area contributed by atoms with Crippen LogP contribution in [0.1, 0.15) is 16.4 Å². The summed E-state index contributed by atoms with van der Waals surface area (Å²) in [7, 11) is 0. The molecule has 1 amide bonds. The lowest BCUT2D eigenvalue weighted by Crippen LogP contribution is -2.37. The summed E-state index contributed by atoms with van der Waals surface area (Å²) in [6, 6.07) is 8.30. The molecule has 1 atom stereocenters. The lowest BCUT2D eigenvalue weighted by atomic mass is 10.2. The van der Waals surface area contributed by atoms with Crippen molar-refractivity contribution < 1.29 is 36.2 Å². The standard InChI is InChI=1S/C22H16Cl2F6N8O3/c23-12-5-3-11(4-6-12)17-35-37(20(41)36(17)8-14(39)22(28,29)30)9-15-33-18(19(40)32-10-21(25,26)27)38(34-15)13-2-1-7-31-16(13)24/h1-7,14,39H,8-10H2,(H,32,40). The normalized spacial score (nSPS) is 12.9. The summed E-state index contributed by atoms with van der Waals surface area (Å²) < 4.78 is 79.4. The van der Waals surface area contributed by atoms with Crippen LogP contribution in [0.4, 0.5) is 26.3 Å². The molecule has 3 heterocycles. The molecule has 0 aliphatic carbocycles. The van der Waals surface area contributed by atoms with Crippen LogP contribution in [-0.4, -0.2) is 70.1 Å².